The average molecular weight is 293 g/mol. The number of nitrogens with zero attached hydrogens (tertiary/aromatic N) is 2. The lowest BCUT2D eigenvalue weighted by Crippen LogP contribution is -2.25. The van der Waals surface area contributed by atoms with Gasteiger partial charge in [-0.2, -0.15) is 5.10 Å². The highest BCUT2D eigenvalue weighted by molar-refractivity contribution is 7.89. The lowest BCUT2D eigenvalue weighted by atomic mass is 10.3. The summed E-state index contributed by atoms with van der Waals surface area (Å²) in [5.74, 6) is 0.720. The Morgan fingerprint density at radius 2 is 2.00 bits per heavy atom. The molecule has 0 amide bonds. The topological polar surface area (TPSA) is 99.8 Å². The first-order valence-corrected chi connectivity index (χ1v) is 7.82. The van der Waals surface area contributed by atoms with E-state index in [-0.39, 0.29) is 10.9 Å². The monoisotopic (exact) mass is 293 g/mol. The summed E-state index contributed by atoms with van der Waals surface area (Å²) in [5, 5.41) is 9.62. The summed E-state index contributed by atoms with van der Waals surface area (Å²) in [4.78, 5) is 4.28. The third-order valence-corrected chi connectivity index (χ3v) is 4.53. The molecule has 0 saturated heterocycles. The van der Waals surface area contributed by atoms with Crippen molar-refractivity contribution < 1.29 is 8.42 Å². The van der Waals surface area contributed by atoms with Crippen molar-refractivity contribution in [2.24, 2.45) is 0 Å². The largest absolute Gasteiger partial charge is 0.378 e. The van der Waals surface area contributed by atoms with Crippen molar-refractivity contribution in [2.75, 3.05) is 5.32 Å². The van der Waals surface area contributed by atoms with E-state index in [1.807, 2.05) is 0 Å². The third kappa shape index (κ3) is 3.14. The molecule has 106 valence electrons. The van der Waals surface area contributed by atoms with Crippen LogP contribution in [0.5, 0.6) is 0 Å². The fraction of sp³-hybridized carbons (Fsp3) is 0.333. The van der Waals surface area contributed by atoms with Crippen molar-refractivity contribution in [1.29, 1.82) is 0 Å². The summed E-state index contributed by atoms with van der Waals surface area (Å²) in [6, 6.07) is 6.76. The summed E-state index contributed by atoms with van der Waals surface area (Å²) in [5.41, 5.74) is 0.826. The molecule has 0 unspecified atom stereocenters. The maximum absolute atomic E-state index is 12.0. The third-order valence-electron chi connectivity index (χ3n) is 2.99. The van der Waals surface area contributed by atoms with Gasteiger partial charge in [0.15, 0.2) is 0 Å². The van der Waals surface area contributed by atoms with Gasteiger partial charge in [0.05, 0.1) is 11.4 Å². The van der Waals surface area contributed by atoms with Gasteiger partial charge in [-0.25, -0.2) is 18.1 Å². The minimum absolute atomic E-state index is 0.115. The number of rotatable bonds is 6. The van der Waals surface area contributed by atoms with E-state index in [4.69, 9.17) is 0 Å². The van der Waals surface area contributed by atoms with Gasteiger partial charge in [-0.3, -0.25) is 5.10 Å². The van der Waals surface area contributed by atoms with Crippen molar-refractivity contribution >= 4 is 15.7 Å². The zero-order valence-corrected chi connectivity index (χ0v) is 11.5. The van der Waals surface area contributed by atoms with Gasteiger partial charge in [-0.05, 0) is 37.1 Å². The van der Waals surface area contributed by atoms with Gasteiger partial charge < -0.3 is 5.32 Å². The first-order valence-electron chi connectivity index (χ1n) is 6.34. The standard InChI is InChI=1S/C12H15N5O2S/c18-20(19,17-10-1-2-10)11-5-3-9(4-6-11)13-7-12-14-8-15-16-12/h3-6,8,10,13,17H,1-2,7H2,(H,14,15,16). The Kier molecular flexibility index (Phi) is 3.41. The fourth-order valence-corrected chi connectivity index (χ4v) is 3.05. The Morgan fingerprint density at radius 3 is 2.60 bits per heavy atom. The Morgan fingerprint density at radius 1 is 1.25 bits per heavy atom. The number of benzene rings is 1. The van der Waals surface area contributed by atoms with E-state index in [1.165, 1.54) is 6.33 Å². The Bertz CT molecular complexity index is 662. The summed E-state index contributed by atoms with van der Waals surface area (Å²) < 4.78 is 26.6. The zero-order chi connectivity index (χ0) is 14.0. The van der Waals surface area contributed by atoms with Gasteiger partial charge >= 0.3 is 0 Å². The first-order chi connectivity index (χ1) is 9.63. The quantitative estimate of drug-likeness (QED) is 0.733. The van der Waals surface area contributed by atoms with Crippen LogP contribution in [0.1, 0.15) is 18.7 Å². The van der Waals surface area contributed by atoms with E-state index in [1.54, 1.807) is 24.3 Å². The average Bonchev–Trinajstić information content (AvgIpc) is 3.08. The molecule has 3 N–H and O–H groups in total. The molecule has 1 fully saturated rings. The second-order valence-electron chi connectivity index (χ2n) is 4.71. The molecule has 0 spiro atoms. The van der Waals surface area contributed by atoms with Gasteiger partial charge in [0.2, 0.25) is 10.0 Å². The van der Waals surface area contributed by atoms with Crippen molar-refractivity contribution in [3.63, 3.8) is 0 Å². The molecular formula is C12H15N5O2S. The number of hydrogen-bond acceptors (Lipinski definition) is 5. The lowest BCUT2D eigenvalue weighted by Gasteiger charge is -2.07. The summed E-state index contributed by atoms with van der Waals surface area (Å²) in [7, 11) is -3.38. The highest BCUT2D eigenvalue weighted by Crippen LogP contribution is 2.22. The van der Waals surface area contributed by atoms with Crippen LogP contribution < -0.4 is 10.0 Å². The van der Waals surface area contributed by atoms with E-state index >= 15 is 0 Å². The molecule has 1 aliphatic carbocycles. The SMILES string of the molecule is O=S(=O)(NC1CC1)c1ccc(NCc2ncn[nH]2)cc1. The van der Waals surface area contributed by atoms with Crippen LogP contribution in [0.3, 0.4) is 0 Å². The predicted molar refractivity (Wildman–Crippen MR) is 73.5 cm³/mol. The second-order valence-corrected chi connectivity index (χ2v) is 6.42. The number of H-pyrrole nitrogens is 1. The molecule has 0 aliphatic heterocycles. The van der Waals surface area contributed by atoms with Crippen molar-refractivity contribution in [1.82, 2.24) is 19.9 Å². The fourth-order valence-electron chi connectivity index (χ4n) is 1.74. The lowest BCUT2D eigenvalue weighted by molar-refractivity contribution is 0.581. The number of anilines is 1. The van der Waals surface area contributed by atoms with Crippen LogP contribution in [0.25, 0.3) is 0 Å². The smallest absolute Gasteiger partial charge is 0.240 e. The van der Waals surface area contributed by atoms with Crippen LogP contribution in [0.2, 0.25) is 0 Å². The normalized spacial score (nSPS) is 15.2. The van der Waals surface area contributed by atoms with Gasteiger partial charge in [0, 0.05) is 11.7 Å². The summed E-state index contributed by atoms with van der Waals surface area (Å²) in [6.45, 7) is 0.506. The minimum Gasteiger partial charge on any atom is -0.378 e. The summed E-state index contributed by atoms with van der Waals surface area (Å²) >= 11 is 0. The van der Waals surface area contributed by atoms with Crippen molar-refractivity contribution in [2.45, 2.75) is 30.3 Å². The molecular weight excluding hydrogens is 278 g/mol. The molecule has 3 rings (SSSR count). The molecule has 1 aromatic carbocycles. The molecule has 8 heteroatoms. The maximum atomic E-state index is 12.0. The summed E-state index contributed by atoms with van der Waals surface area (Å²) in [6.07, 6.45) is 3.29. The van der Waals surface area contributed by atoms with Crippen LogP contribution >= 0.6 is 0 Å². The Balaban J connectivity index is 1.64. The molecule has 0 radical (unpaired) electrons. The molecule has 0 bridgehead atoms. The van der Waals surface area contributed by atoms with Crippen LogP contribution in [0.15, 0.2) is 35.5 Å². The number of nitrogens with one attached hydrogen (secondary N) is 3. The molecule has 20 heavy (non-hydrogen) atoms. The molecule has 2 aromatic rings. The van der Waals surface area contributed by atoms with Crippen molar-refractivity contribution in [3.8, 4) is 0 Å². The number of sulfonamides is 1. The molecule has 1 aromatic heterocycles. The molecule has 1 saturated carbocycles. The van der Waals surface area contributed by atoms with Crippen LogP contribution in [0, 0.1) is 0 Å². The van der Waals surface area contributed by atoms with Crippen LogP contribution in [-0.2, 0) is 16.6 Å². The van der Waals surface area contributed by atoms with Gasteiger partial charge in [0.25, 0.3) is 0 Å². The van der Waals surface area contributed by atoms with E-state index in [0.29, 0.717) is 6.54 Å². The Hall–Kier alpha value is -1.93. The van der Waals surface area contributed by atoms with Crippen LogP contribution in [0.4, 0.5) is 5.69 Å². The minimum atomic E-state index is -3.38. The zero-order valence-electron chi connectivity index (χ0n) is 10.7. The van der Waals surface area contributed by atoms with E-state index in [9.17, 15) is 8.42 Å². The predicted octanol–water partition coefficient (Wildman–Crippen LogP) is 0.857. The second kappa shape index (κ2) is 5.22. The molecule has 7 nitrogen and oxygen atoms in total. The molecule has 1 aliphatic rings. The van der Waals surface area contributed by atoms with Gasteiger partial charge in [-0.15, -0.1) is 0 Å². The number of aromatic nitrogens is 3. The van der Waals surface area contributed by atoms with E-state index in [2.05, 4.69) is 25.2 Å². The van der Waals surface area contributed by atoms with E-state index in [0.717, 1.165) is 24.4 Å². The molecule has 1 heterocycles. The highest BCUT2D eigenvalue weighted by atomic mass is 32.2. The van der Waals surface area contributed by atoms with Gasteiger partial charge in [0.1, 0.15) is 12.2 Å². The number of hydrogen-bond donors (Lipinski definition) is 3. The van der Waals surface area contributed by atoms with Gasteiger partial charge in [-0.1, -0.05) is 0 Å². The number of aromatic amines is 1. The Labute approximate surface area is 116 Å². The first kappa shape index (κ1) is 13.1. The van der Waals surface area contributed by atoms with Crippen LogP contribution in [-0.4, -0.2) is 29.6 Å². The highest BCUT2D eigenvalue weighted by Gasteiger charge is 2.27. The maximum Gasteiger partial charge on any atom is 0.240 e. The van der Waals surface area contributed by atoms with Crippen molar-refractivity contribution in [3.05, 3.63) is 36.4 Å². The molecule has 0 atom stereocenters. The van der Waals surface area contributed by atoms with E-state index < -0.39 is 10.0 Å².